The lowest BCUT2D eigenvalue weighted by Gasteiger charge is -2.13. The van der Waals surface area contributed by atoms with Crippen LogP contribution in [0, 0.1) is 0 Å². The van der Waals surface area contributed by atoms with Crippen LogP contribution in [0.15, 0.2) is 77.8 Å². The fraction of sp³-hybridized carbons (Fsp3) is 0.167. The van der Waals surface area contributed by atoms with Crippen LogP contribution in [0.2, 0.25) is 5.02 Å². The summed E-state index contributed by atoms with van der Waals surface area (Å²) in [6.45, 7) is 3.35. The lowest BCUT2D eigenvalue weighted by Crippen LogP contribution is -2.16. The molecule has 0 aliphatic rings. The van der Waals surface area contributed by atoms with Crippen molar-refractivity contribution >= 4 is 21.4 Å². The molecule has 164 valence electrons. The lowest BCUT2D eigenvalue weighted by molar-refractivity contribution is 0.0734. The molecule has 1 N–H and O–H groups in total. The second kappa shape index (κ2) is 8.16. The van der Waals surface area contributed by atoms with Crippen LogP contribution in [0.1, 0.15) is 19.5 Å². The minimum Gasteiger partial charge on any atom is -0.384 e. The highest BCUT2D eigenvalue weighted by atomic mass is 35.5. The average molecular weight is 468 g/mol. The summed E-state index contributed by atoms with van der Waals surface area (Å²) < 4.78 is 25.4. The van der Waals surface area contributed by atoms with Gasteiger partial charge in [0.1, 0.15) is 5.60 Å². The number of benzene rings is 2. The molecule has 0 aliphatic heterocycles. The van der Waals surface area contributed by atoms with Gasteiger partial charge in [-0.25, -0.2) is 13.1 Å². The van der Waals surface area contributed by atoms with Gasteiger partial charge in [0, 0.05) is 23.6 Å². The monoisotopic (exact) mass is 467 g/mol. The van der Waals surface area contributed by atoms with E-state index < -0.39 is 15.4 Å². The molecule has 4 rings (SSSR count). The first-order valence-corrected chi connectivity index (χ1v) is 12.2. The highest BCUT2D eigenvalue weighted by Gasteiger charge is 2.24. The number of aromatic nitrogens is 3. The van der Waals surface area contributed by atoms with Crippen LogP contribution in [0.25, 0.3) is 28.2 Å². The van der Waals surface area contributed by atoms with E-state index in [0.29, 0.717) is 27.7 Å². The highest BCUT2D eigenvalue weighted by molar-refractivity contribution is 7.90. The summed E-state index contributed by atoms with van der Waals surface area (Å²) in [6.07, 6.45) is 2.87. The quantitative estimate of drug-likeness (QED) is 0.452. The van der Waals surface area contributed by atoms with Crippen molar-refractivity contribution in [3.05, 3.63) is 83.6 Å². The molecule has 0 atom stereocenters. The van der Waals surface area contributed by atoms with Crippen molar-refractivity contribution in [3.8, 4) is 28.2 Å². The van der Waals surface area contributed by atoms with Crippen LogP contribution < -0.4 is 0 Å². The van der Waals surface area contributed by atoms with E-state index in [1.807, 2.05) is 42.5 Å². The Morgan fingerprint density at radius 3 is 2.34 bits per heavy atom. The number of rotatable bonds is 5. The smallest absolute Gasteiger partial charge is 0.175 e. The van der Waals surface area contributed by atoms with Crippen LogP contribution in [-0.4, -0.2) is 34.5 Å². The Balaban J connectivity index is 1.80. The van der Waals surface area contributed by atoms with E-state index in [1.165, 1.54) is 6.26 Å². The number of aliphatic hydroxyl groups is 1. The summed E-state index contributed by atoms with van der Waals surface area (Å²) in [5.74, 6) is 0. The van der Waals surface area contributed by atoms with Crippen molar-refractivity contribution in [3.63, 3.8) is 0 Å². The Kier molecular flexibility index (Phi) is 5.67. The standard InChI is InChI=1S/C24H22ClN3O3S/c1-24(2,29)23-14-22(28(27-23)21-10-5-4-9-19(21)25)17-11-12-20(26-15-17)16-7-6-8-18(13-16)32(3,30)31/h4-15,29H,1-3H3. The molecule has 0 radical (unpaired) electrons. The Bertz CT molecular complexity index is 1390. The first-order valence-electron chi connectivity index (χ1n) is 9.89. The van der Waals surface area contributed by atoms with E-state index in [1.54, 1.807) is 49.0 Å². The van der Waals surface area contributed by atoms with Gasteiger partial charge in [-0.15, -0.1) is 0 Å². The third kappa shape index (κ3) is 4.46. The summed E-state index contributed by atoms with van der Waals surface area (Å²) in [6, 6.07) is 19.5. The third-order valence-corrected chi connectivity index (χ3v) is 6.46. The molecule has 0 amide bonds. The van der Waals surface area contributed by atoms with Crippen LogP contribution in [0.4, 0.5) is 0 Å². The number of sulfone groups is 1. The van der Waals surface area contributed by atoms with Gasteiger partial charge < -0.3 is 5.11 Å². The number of hydrogen-bond donors (Lipinski definition) is 1. The minimum atomic E-state index is -3.31. The molecule has 0 saturated heterocycles. The van der Waals surface area contributed by atoms with Crippen LogP contribution in [0.5, 0.6) is 0 Å². The fourth-order valence-corrected chi connectivity index (χ4v) is 4.18. The Morgan fingerprint density at radius 2 is 1.72 bits per heavy atom. The van der Waals surface area contributed by atoms with Gasteiger partial charge >= 0.3 is 0 Å². The molecule has 32 heavy (non-hydrogen) atoms. The molecule has 0 unspecified atom stereocenters. The number of nitrogens with zero attached hydrogens (tertiary/aromatic N) is 3. The van der Waals surface area contributed by atoms with Crippen molar-refractivity contribution < 1.29 is 13.5 Å². The Hall–Kier alpha value is -3.00. The second-order valence-electron chi connectivity index (χ2n) is 8.07. The highest BCUT2D eigenvalue weighted by Crippen LogP contribution is 2.31. The Morgan fingerprint density at radius 1 is 0.969 bits per heavy atom. The van der Waals surface area contributed by atoms with Crippen LogP contribution in [0.3, 0.4) is 0 Å². The van der Waals surface area contributed by atoms with E-state index in [2.05, 4.69) is 10.1 Å². The maximum absolute atomic E-state index is 11.9. The summed E-state index contributed by atoms with van der Waals surface area (Å²) in [5.41, 5.74) is 2.89. The molecule has 0 aliphatic carbocycles. The third-order valence-electron chi connectivity index (χ3n) is 5.03. The minimum absolute atomic E-state index is 0.243. The van der Waals surface area contributed by atoms with Crippen LogP contribution in [-0.2, 0) is 15.4 Å². The van der Waals surface area contributed by atoms with E-state index in [9.17, 15) is 13.5 Å². The zero-order valence-electron chi connectivity index (χ0n) is 17.8. The molecule has 0 bridgehead atoms. The molecule has 8 heteroatoms. The zero-order valence-corrected chi connectivity index (χ0v) is 19.4. The molecule has 6 nitrogen and oxygen atoms in total. The summed E-state index contributed by atoms with van der Waals surface area (Å²) >= 11 is 6.41. The van der Waals surface area contributed by atoms with Gasteiger partial charge in [0.05, 0.1) is 32.7 Å². The van der Waals surface area contributed by atoms with Gasteiger partial charge in [-0.2, -0.15) is 5.10 Å². The zero-order chi connectivity index (χ0) is 23.1. The first kappa shape index (κ1) is 22.2. The molecule has 2 heterocycles. The Labute approximate surface area is 192 Å². The summed E-state index contributed by atoms with van der Waals surface area (Å²) in [4.78, 5) is 4.79. The summed E-state index contributed by atoms with van der Waals surface area (Å²) in [5, 5.41) is 15.6. The van der Waals surface area contributed by atoms with E-state index in [4.69, 9.17) is 11.6 Å². The molecule has 2 aromatic carbocycles. The van der Waals surface area contributed by atoms with Crippen molar-refractivity contribution in [2.45, 2.75) is 24.3 Å². The fourth-order valence-electron chi connectivity index (χ4n) is 3.30. The normalized spacial score (nSPS) is 12.2. The van der Waals surface area contributed by atoms with E-state index in [-0.39, 0.29) is 4.90 Å². The SMILES string of the molecule is CC(C)(O)c1cc(-c2ccc(-c3cccc(S(C)(=O)=O)c3)nc2)n(-c2ccccc2Cl)n1. The number of pyridine rings is 1. The topological polar surface area (TPSA) is 85.1 Å². The average Bonchev–Trinajstić information content (AvgIpc) is 3.19. The van der Waals surface area contributed by atoms with Gasteiger partial charge in [-0.1, -0.05) is 35.9 Å². The van der Waals surface area contributed by atoms with Gasteiger partial charge in [0.2, 0.25) is 0 Å². The molecular weight excluding hydrogens is 446 g/mol. The van der Waals surface area contributed by atoms with Crippen molar-refractivity contribution in [1.29, 1.82) is 0 Å². The predicted molar refractivity (Wildman–Crippen MR) is 126 cm³/mol. The van der Waals surface area contributed by atoms with Crippen LogP contribution >= 0.6 is 11.6 Å². The van der Waals surface area contributed by atoms with Gasteiger partial charge in [-0.3, -0.25) is 4.98 Å². The number of halogens is 1. The van der Waals surface area contributed by atoms with Crippen molar-refractivity contribution in [2.75, 3.05) is 6.26 Å². The van der Waals surface area contributed by atoms with Gasteiger partial charge in [-0.05, 0) is 56.3 Å². The number of hydrogen-bond acceptors (Lipinski definition) is 5. The predicted octanol–water partition coefficient (Wildman–Crippen LogP) is 4.89. The molecule has 0 fully saturated rings. The molecule has 2 aromatic heterocycles. The van der Waals surface area contributed by atoms with Gasteiger partial charge in [0.15, 0.2) is 9.84 Å². The maximum atomic E-state index is 11.9. The molecule has 4 aromatic rings. The van der Waals surface area contributed by atoms with Gasteiger partial charge in [0.25, 0.3) is 0 Å². The largest absolute Gasteiger partial charge is 0.384 e. The van der Waals surface area contributed by atoms with E-state index >= 15 is 0 Å². The maximum Gasteiger partial charge on any atom is 0.175 e. The molecular formula is C24H22ClN3O3S. The van der Waals surface area contributed by atoms with Crippen molar-refractivity contribution in [2.24, 2.45) is 0 Å². The molecule has 0 saturated carbocycles. The molecule has 0 spiro atoms. The number of para-hydroxylation sites is 1. The lowest BCUT2D eigenvalue weighted by atomic mass is 10.0. The van der Waals surface area contributed by atoms with Crippen molar-refractivity contribution in [1.82, 2.24) is 14.8 Å². The first-order chi connectivity index (χ1) is 15.0. The summed E-state index contributed by atoms with van der Waals surface area (Å²) in [7, 11) is -3.31. The second-order valence-corrected chi connectivity index (χ2v) is 10.5. The van der Waals surface area contributed by atoms with E-state index in [0.717, 1.165) is 11.3 Å².